The largest absolute Gasteiger partial charge is 0.286 e. The van der Waals surface area contributed by atoms with Gasteiger partial charge in [0.1, 0.15) is 0 Å². The number of aliphatic imine (C=N–C) groups is 2. The van der Waals surface area contributed by atoms with Gasteiger partial charge in [0.25, 0.3) is 0 Å². The minimum absolute atomic E-state index is 0.788. The molecule has 72 valence electrons. The fraction of sp³-hybridized carbons (Fsp3) is 0.455. The predicted molar refractivity (Wildman–Crippen MR) is 61.0 cm³/mol. The smallest absolute Gasteiger partial charge is 0.0822 e. The van der Waals surface area contributed by atoms with Gasteiger partial charge in [-0.3, -0.25) is 9.98 Å². The SMILES string of the molecule is C/C=C\C(=NC)C(/C=C\C)=NCC. The average molecular weight is 178 g/mol. The monoisotopic (exact) mass is 178 g/mol. The Balaban J connectivity index is 4.81. The van der Waals surface area contributed by atoms with Crippen molar-refractivity contribution in [1.82, 2.24) is 0 Å². The van der Waals surface area contributed by atoms with Crippen molar-refractivity contribution in [3.05, 3.63) is 24.3 Å². The van der Waals surface area contributed by atoms with Crippen LogP contribution >= 0.6 is 0 Å². The van der Waals surface area contributed by atoms with E-state index in [1.165, 1.54) is 0 Å². The Morgan fingerprint density at radius 1 is 1.08 bits per heavy atom. The molecular weight excluding hydrogens is 160 g/mol. The summed E-state index contributed by atoms with van der Waals surface area (Å²) in [5, 5.41) is 0. The van der Waals surface area contributed by atoms with Crippen LogP contribution in [0.25, 0.3) is 0 Å². The van der Waals surface area contributed by atoms with Gasteiger partial charge in [0.15, 0.2) is 0 Å². The van der Waals surface area contributed by atoms with E-state index in [0.29, 0.717) is 0 Å². The molecule has 0 aromatic rings. The van der Waals surface area contributed by atoms with Gasteiger partial charge in [-0.05, 0) is 32.9 Å². The lowest BCUT2D eigenvalue weighted by molar-refractivity contribution is 1.14. The molecule has 0 rings (SSSR count). The van der Waals surface area contributed by atoms with Gasteiger partial charge < -0.3 is 0 Å². The molecule has 0 aromatic heterocycles. The molecule has 0 aliphatic rings. The molecule has 13 heavy (non-hydrogen) atoms. The molecular formula is C11H18N2. The van der Waals surface area contributed by atoms with E-state index >= 15 is 0 Å². The second-order valence-corrected chi connectivity index (χ2v) is 2.47. The van der Waals surface area contributed by atoms with Crippen molar-refractivity contribution in [2.45, 2.75) is 20.8 Å². The third-order valence-corrected chi connectivity index (χ3v) is 1.48. The van der Waals surface area contributed by atoms with Crippen molar-refractivity contribution in [3.63, 3.8) is 0 Å². The van der Waals surface area contributed by atoms with Crippen molar-refractivity contribution in [2.75, 3.05) is 13.6 Å². The highest BCUT2D eigenvalue weighted by Crippen LogP contribution is 1.91. The second kappa shape index (κ2) is 7.47. The van der Waals surface area contributed by atoms with Crippen LogP contribution in [0.15, 0.2) is 34.3 Å². The predicted octanol–water partition coefficient (Wildman–Crippen LogP) is 2.67. The van der Waals surface area contributed by atoms with Crippen molar-refractivity contribution >= 4 is 11.4 Å². The van der Waals surface area contributed by atoms with Crippen LogP contribution in [0.4, 0.5) is 0 Å². The maximum atomic E-state index is 4.35. The summed E-state index contributed by atoms with van der Waals surface area (Å²) in [5.74, 6) is 0. The van der Waals surface area contributed by atoms with Crippen LogP contribution in [0.1, 0.15) is 20.8 Å². The van der Waals surface area contributed by atoms with Crippen molar-refractivity contribution in [1.29, 1.82) is 0 Å². The van der Waals surface area contributed by atoms with E-state index in [1.54, 1.807) is 7.05 Å². The van der Waals surface area contributed by atoms with Gasteiger partial charge in [-0.2, -0.15) is 0 Å². The zero-order valence-electron chi connectivity index (χ0n) is 8.91. The first-order valence-corrected chi connectivity index (χ1v) is 4.57. The van der Waals surface area contributed by atoms with E-state index in [9.17, 15) is 0 Å². The second-order valence-electron chi connectivity index (χ2n) is 2.47. The lowest BCUT2D eigenvalue weighted by Crippen LogP contribution is -2.09. The van der Waals surface area contributed by atoms with Gasteiger partial charge in [0.2, 0.25) is 0 Å². The first-order chi connectivity index (χ1) is 6.29. The molecule has 0 N–H and O–H groups in total. The van der Waals surface area contributed by atoms with Gasteiger partial charge in [0, 0.05) is 13.6 Å². The number of nitrogens with zero attached hydrogens (tertiary/aromatic N) is 2. The molecule has 0 fully saturated rings. The molecule has 2 nitrogen and oxygen atoms in total. The Hall–Kier alpha value is -1.18. The van der Waals surface area contributed by atoms with E-state index < -0.39 is 0 Å². The van der Waals surface area contributed by atoms with Gasteiger partial charge >= 0.3 is 0 Å². The highest BCUT2D eigenvalue weighted by atomic mass is 14.8. The molecule has 0 atom stereocenters. The topological polar surface area (TPSA) is 24.7 Å². The van der Waals surface area contributed by atoms with Crippen molar-refractivity contribution in [3.8, 4) is 0 Å². The van der Waals surface area contributed by atoms with Gasteiger partial charge in [-0.1, -0.05) is 12.2 Å². The summed E-state index contributed by atoms with van der Waals surface area (Å²) in [5.41, 5.74) is 1.88. The van der Waals surface area contributed by atoms with Crippen LogP contribution in [-0.2, 0) is 0 Å². The highest BCUT2D eigenvalue weighted by Gasteiger charge is 1.98. The highest BCUT2D eigenvalue weighted by molar-refractivity contribution is 6.50. The molecule has 0 amide bonds. The fourth-order valence-electron chi connectivity index (χ4n) is 0.980. The molecule has 0 unspecified atom stereocenters. The Bertz CT molecular complexity index is 245. The Labute approximate surface area is 80.8 Å². The number of hydrogen-bond donors (Lipinski definition) is 0. The first-order valence-electron chi connectivity index (χ1n) is 4.57. The van der Waals surface area contributed by atoms with Crippen molar-refractivity contribution in [2.24, 2.45) is 9.98 Å². The summed E-state index contributed by atoms with van der Waals surface area (Å²) in [4.78, 5) is 8.51. The fourth-order valence-corrected chi connectivity index (χ4v) is 0.980. The van der Waals surface area contributed by atoms with E-state index in [-0.39, 0.29) is 0 Å². The summed E-state index contributed by atoms with van der Waals surface area (Å²) in [7, 11) is 1.78. The number of hydrogen-bond acceptors (Lipinski definition) is 2. The van der Waals surface area contributed by atoms with E-state index in [2.05, 4.69) is 9.98 Å². The normalized spacial score (nSPS) is 14.8. The molecule has 0 aliphatic carbocycles. The quantitative estimate of drug-likeness (QED) is 0.591. The molecule has 0 aromatic carbocycles. The van der Waals surface area contributed by atoms with Gasteiger partial charge in [-0.15, -0.1) is 0 Å². The van der Waals surface area contributed by atoms with Crippen LogP contribution in [0.5, 0.6) is 0 Å². The first kappa shape index (κ1) is 11.8. The van der Waals surface area contributed by atoms with Crippen LogP contribution in [0, 0.1) is 0 Å². The molecule has 0 saturated carbocycles. The lowest BCUT2D eigenvalue weighted by Gasteiger charge is -1.99. The van der Waals surface area contributed by atoms with Crippen LogP contribution < -0.4 is 0 Å². The van der Waals surface area contributed by atoms with Gasteiger partial charge in [-0.25, -0.2) is 0 Å². The number of rotatable bonds is 4. The number of allylic oxidation sites excluding steroid dienone is 4. The molecule has 0 bridgehead atoms. The van der Waals surface area contributed by atoms with Gasteiger partial charge in [0.05, 0.1) is 11.4 Å². The summed E-state index contributed by atoms with van der Waals surface area (Å²) < 4.78 is 0. The third kappa shape index (κ3) is 4.41. The van der Waals surface area contributed by atoms with Crippen LogP contribution in [-0.4, -0.2) is 25.0 Å². The summed E-state index contributed by atoms with van der Waals surface area (Å²) >= 11 is 0. The van der Waals surface area contributed by atoms with E-state index in [0.717, 1.165) is 18.0 Å². The van der Waals surface area contributed by atoms with Crippen LogP contribution in [0.2, 0.25) is 0 Å². The summed E-state index contributed by atoms with van der Waals surface area (Å²) in [6, 6.07) is 0. The lowest BCUT2D eigenvalue weighted by atomic mass is 10.2. The molecule has 0 spiro atoms. The standard InChI is InChI=1S/C11H18N2/c1-5-8-10(12-4)11(9-6-2)13-7-3/h5-6,8-9H,7H2,1-4H3/b8-5-,9-6-,12-10?,13-11?. The maximum absolute atomic E-state index is 4.35. The molecule has 0 radical (unpaired) electrons. The molecule has 0 aliphatic heterocycles. The maximum Gasteiger partial charge on any atom is 0.0822 e. The average Bonchev–Trinajstić information content (AvgIpc) is 2.14. The third-order valence-electron chi connectivity index (χ3n) is 1.48. The zero-order chi connectivity index (χ0) is 10.1. The Kier molecular flexibility index (Phi) is 6.79. The summed E-state index contributed by atoms with van der Waals surface area (Å²) in [6.07, 6.45) is 7.89. The molecule has 0 saturated heterocycles. The van der Waals surface area contributed by atoms with Crippen molar-refractivity contribution < 1.29 is 0 Å². The molecule has 2 heteroatoms. The Morgan fingerprint density at radius 3 is 2.00 bits per heavy atom. The molecule has 0 heterocycles. The minimum Gasteiger partial charge on any atom is -0.286 e. The minimum atomic E-state index is 0.788. The van der Waals surface area contributed by atoms with E-state index in [1.807, 2.05) is 45.1 Å². The van der Waals surface area contributed by atoms with Crippen LogP contribution in [0.3, 0.4) is 0 Å². The van der Waals surface area contributed by atoms with E-state index in [4.69, 9.17) is 0 Å². The zero-order valence-corrected chi connectivity index (χ0v) is 8.91. The Morgan fingerprint density at radius 2 is 1.62 bits per heavy atom. The summed E-state index contributed by atoms with van der Waals surface area (Å²) in [6.45, 7) is 6.77.